The Hall–Kier alpha value is -1.03. The smallest absolute Gasteiger partial charge is 0.166 e. The van der Waals surface area contributed by atoms with Gasteiger partial charge in [-0.1, -0.05) is 55.7 Å². The summed E-state index contributed by atoms with van der Waals surface area (Å²) in [6.45, 7) is 9.53. The summed E-state index contributed by atoms with van der Waals surface area (Å²) in [4.78, 5) is 0. The molecule has 4 heteroatoms. The van der Waals surface area contributed by atoms with Crippen LogP contribution in [0.15, 0.2) is 30.8 Å². The van der Waals surface area contributed by atoms with Gasteiger partial charge in [0.2, 0.25) is 0 Å². The number of halogens is 3. The van der Waals surface area contributed by atoms with Crippen LogP contribution in [0.1, 0.15) is 5.56 Å². The van der Waals surface area contributed by atoms with Gasteiger partial charge in [0.1, 0.15) is 0 Å². The van der Waals surface area contributed by atoms with Crippen LogP contribution in [0.5, 0.6) is 0 Å². The van der Waals surface area contributed by atoms with E-state index in [0.717, 1.165) is 5.19 Å². The van der Waals surface area contributed by atoms with Crippen molar-refractivity contribution in [1.82, 2.24) is 0 Å². The molecule has 0 bridgehead atoms. The van der Waals surface area contributed by atoms with Crippen LogP contribution in [-0.4, -0.2) is 14.3 Å². The molecule has 1 aromatic rings. The summed E-state index contributed by atoms with van der Waals surface area (Å²) in [7, 11) is -1.45. The Morgan fingerprint density at radius 1 is 1.06 bits per heavy atom. The minimum atomic E-state index is -4.35. The van der Waals surface area contributed by atoms with Gasteiger partial charge in [-0.3, -0.25) is 0 Å². The van der Waals surface area contributed by atoms with Crippen LogP contribution >= 0.6 is 0 Å². The number of hydrogen-bond donors (Lipinski definition) is 0. The standard InChI is InChI=1S/C12H15F3Si/c1-9(12(13,14)15)10-5-7-11(8-6-10)16(2,3)4/h5-8H,1H2,2-4H3. The second kappa shape index (κ2) is 4.09. The molecular formula is C12H15F3Si. The van der Waals surface area contributed by atoms with Gasteiger partial charge in [0.15, 0.2) is 0 Å². The van der Waals surface area contributed by atoms with Crippen molar-refractivity contribution in [3.8, 4) is 0 Å². The van der Waals surface area contributed by atoms with Crippen LogP contribution in [0.25, 0.3) is 5.57 Å². The third-order valence-electron chi connectivity index (χ3n) is 2.44. The molecule has 0 saturated heterocycles. The summed E-state index contributed by atoms with van der Waals surface area (Å²) in [6, 6.07) is 6.56. The van der Waals surface area contributed by atoms with Crippen molar-refractivity contribution in [2.45, 2.75) is 25.8 Å². The minimum absolute atomic E-state index is 0.148. The average molecular weight is 244 g/mol. The second-order valence-electron chi connectivity index (χ2n) is 4.80. The summed E-state index contributed by atoms with van der Waals surface area (Å²) in [5, 5.41) is 1.14. The summed E-state index contributed by atoms with van der Waals surface area (Å²) < 4.78 is 37.1. The molecular weight excluding hydrogens is 229 g/mol. The van der Waals surface area contributed by atoms with Crippen molar-refractivity contribution < 1.29 is 13.2 Å². The fraction of sp³-hybridized carbons (Fsp3) is 0.333. The van der Waals surface area contributed by atoms with E-state index in [4.69, 9.17) is 0 Å². The molecule has 1 aromatic carbocycles. The number of benzene rings is 1. The first-order valence-corrected chi connectivity index (χ1v) is 8.49. The van der Waals surface area contributed by atoms with Gasteiger partial charge >= 0.3 is 6.18 Å². The first-order chi connectivity index (χ1) is 7.12. The van der Waals surface area contributed by atoms with Gasteiger partial charge < -0.3 is 0 Å². The van der Waals surface area contributed by atoms with Crippen LogP contribution in [-0.2, 0) is 0 Å². The fourth-order valence-electron chi connectivity index (χ4n) is 1.34. The number of alkyl halides is 3. The molecule has 0 aliphatic carbocycles. The Labute approximate surface area is 94.8 Å². The molecule has 0 heterocycles. The maximum Gasteiger partial charge on any atom is 0.416 e. The van der Waals surface area contributed by atoms with Gasteiger partial charge in [-0.25, -0.2) is 0 Å². The first-order valence-electron chi connectivity index (χ1n) is 4.99. The molecule has 0 atom stereocenters. The monoisotopic (exact) mass is 244 g/mol. The van der Waals surface area contributed by atoms with E-state index in [2.05, 4.69) is 26.2 Å². The van der Waals surface area contributed by atoms with Gasteiger partial charge in [-0.05, 0) is 5.56 Å². The zero-order valence-electron chi connectivity index (χ0n) is 9.65. The van der Waals surface area contributed by atoms with E-state index < -0.39 is 19.8 Å². The molecule has 0 spiro atoms. The van der Waals surface area contributed by atoms with Crippen molar-refractivity contribution in [3.05, 3.63) is 36.4 Å². The number of hydrogen-bond acceptors (Lipinski definition) is 0. The zero-order chi connectivity index (χ0) is 12.6. The van der Waals surface area contributed by atoms with Crippen LogP contribution in [0.4, 0.5) is 13.2 Å². The van der Waals surface area contributed by atoms with Gasteiger partial charge in [-0.15, -0.1) is 0 Å². The van der Waals surface area contributed by atoms with Crippen molar-refractivity contribution in [2.75, 3.05) is 0 Å². The van der Waals surface area contributed by atoms with Crippen molar-refractivity contribution >= 4 is 18.8 Å². The highest BCUT2D eigenvalue weighted by Crippen LogP contribution is 2.31. The maximum absolute atomic E-state index is 12.4. The van der Waals surface area contributed by atoms with E-state index in [0.29, 0.717) is 0 Å². The molecule has 0 amide bonds. The molecule has 16 heavy (non-hydrogen) atoms. The molecule has 0 radical (unpaired) electrons. The Bertz CT molecular complexity index is 382. The van der Waals surface area contributed by atoms with E-state index in [1.54, 1.807) is 12.1 Å². The lowest BCUT2D eigenvalue weighted by Crippen LogP contribution is -2.37. The summed E-state index contributed by atoms with van der Waals surface area (Å²) >= 11 is 0. The summed E-state index contributed by atoms with van der Waals surface area (Å²) in [6.07, 6.45) is -4.35. The molecule has 0 saturated carbocycles. The highest BCUT2D eigenvalue weighted by atomic mass is 28.3. The molecule has 0 aliphatic heterocycles. The van der Waals surface area contributed by atoms with Gasteiger partial charge in [0.05, 0.1) is 13.6 Å². The van der Waals surface area contributed by atoms with Crippen LogP contribution in [0.3, 0.4) is 0 Å². The zero-order valence-corrected chi connectivity index (χ0v) is 10.7. The predicted octanol–water partition coefficient (Wildman–Crippen LogP) is 3.81. The third kappa shape index (κ3) is 2.98. The molecule has 0 aromatic heterocycles. The van der Waals surface area contributed by atoms with Gasteiger partial charge in [0, 0.05) is 0 Å². The Balaban J connectivity index is 3.01. The summed E-state index contributed by atoms with van der Waals surface area (Å²) in [5.41, 5.74) is -0.635. The third-order valence-corrected chi connectivity index (χ3v) is 4.51. The molecule has 0 aliphatic rings. The largest absolute Gasteiger partial charge is 0.416 e. The lowest BCUT2D eigenvalue weighted by atomic mass is 10.1. The van der Waals surface area contributed by atoms with E-state index in [1.807, 2.05) is 0 Å². The fourth-order valence-corrected chi connectivity index (χ4v) is 2.50. The Morgan fingerprint density at radius 3 is 1.81 bits per heavy atom. The van der Waals surface area contributed by atoms with E-state index in [9.17, 15) is 13.2 Å². The van der Waals surface area contributed by atoms with Crippen molar-refractivity contribution in [3.63, 3.8) is 0 Å². The number of rotatable bonds is 2. The SMILES string of the molecule is C=C(c1ccc([Si](C)(C)C)cc1)C(F)(F)F. The van der Waals surface area contributed by atoms with E-state index >= 15 is 0 Å². The van der Waals surface area contributed by atoms with E-state index in [1.165, 1.54) is 12.1 Å². The average Bonchev–Trinajstić information content (AvgIpc) is 2.14. The minimum Gasteiger partial charge on any atom is -0.166 e. The second-order valence-corrected chi connectivity index (χ2v) is 9.88. The Kier molecular flexibility index (Phi) is 3.33. The molecule has 0 fully saturated rings. The normalized spacial score (nSPS) is 12.6. The van der Waals surface area contributed by atoms with E-state index in [-0.39, 0.29) is 5.56 Å². The summed E-state index contributed by atoms with van der Waals surface area (Å²) in [5.74, 6) is 0. The van der Waals surface area contributed by atoms with Crippen LogP contribution in [0.2, 0.25) is 19.6 Å². The van der Waals surface area contributed by atoms with Gasteiger partial charge in [-0.2, -0.15) is 13.2 Å². The lowest BCUT2D eigenvalue weighted by Gasteiger charge is -2.17. The highest BCUT2D eigenvalue weighted by Gasteiger charge is 2.32. The maximum atomic E-state index is 12.4. The quantitative estimate of drug-likeness (QED) is 0.694. The molecule has 1 rings (SSSR count). The molecule has 0 N–H and O–H groups in total. The van der Waals surface area contributed by atoms with Crippen LogP contribution in [0, 0.1) is 0 Å². The first kappa shape index (κ1) is 13.0. The lowest BCUT2D eigenvalue weighted by molar-refractivity contribution is -0.0686. The van der Waals surface area contributed by atoms with Gasteiger partial charge in [0.25, 0.3) is 0 Å². The topological polar surface area (TPSA) is 0 Å². The highest BCUT2D eigenvalue weighted by molar-refractivity contribution is 6.88. The number of allylic oxidation sites excluding steroid dienone is 1. The van der Waals surface area contributed by atoms with Crippen molar-refractivity contribution in [1.29, 1.82) is 0 Å². The Morgan fingerprint density at radius 2 is 1.50 bits per heavy atom. The van der Waals surface area contributed by atoms with Crippen LogP contribution < -0.4 is 5.19 Å². The predicted molar refractivity (Wildman–Crippen MR) is 64.5 cm³/mol. The molecule has 0 nitrogen and oxygen atoms in total. The molecule has 0 unspecified atom stereocenters. The van der Waals surface area contributed by atoms with Crippen molar-refractivity contribution in [2.24, 2.45) is 0 Å². The molecule has 88 valence electrons.